The number of benzene rings is 2. The molecular weight excluding hydrogens is 448 g/mol. The predicted octanol–water partition coefficient (Wildman–Crippen LogP) is 4.86. The van der Waals surface area contributed by atoms with Crippen molar-refractivity contribution in [2.24, 2.45) is 0 Å². The molecule has 0 spiro atoms. The highest BCUT2D eigenvalue weighted by Crippen LogP contribution is 2.34. The van der Waals surface area contributed by atoms with Gasteiger partial charge in [0.05, 0.1) is 18.4 Å². The zero-order valence-corrected chi connectivity index (χ0v) is 17.9. The minimum atomic E-state index is -1.06. The fourth-order valence-electron chi connectivity index (χ4n) is 3.53. The van der Waals surface area contributed by atoms with Gasteiger partial charge in [0, 0.05) is 0 Å². The summed E-state index contributed by atoms with van der Waals surface area (Å²) >= 11 is 3.49. The van der Waals surface area contributed by atoms with Gasteiger partial charge < -0.3 is 14.9 Å². The first-order chi connectivity index (χ1) is 14.4. The third-order valence-electron chi connectivity index (χ3n) is 5.06. The lowest BCUT2D eigenvalue weighted by Gasteiger charge is -2.17. The smallest absolute Gasteiger partial charge is 0.336 e. The van der Waals surface area contributed by atoms with Gasteiger partial charge in [-0.25, -0.2) is 4.79 Å². The maximum absolute atomic E-state index is 11.9. The predicted molar refractivity (Wildman–Crippen MR) is 117 cm³/mol. The second-order valence-corrected chi connectivity index (χ2v) is 7.64. The number of imidazole rings is 1. The van der Waals surface area contributed by atoms with E-state index in [9.17, 15) is 15.0 Å². The fourth-order valence-corrected chi connectivity index (χ4v) is 4.16. The number of aromatic carboxylic acids is 1. The maximum atomic E-state index is 11.9. The van der Waals surface area contributed by atoms with Crippen LogP contribution < -0.4 is 4.74 Å². The van der Waals surface area contributed by atoms with Gasteiger partial charge in [0.1, 0.15) is 11.8 Å². The molecule has 0 aliphatic rings. The van der Waals surface area contributed by atoms with Crippen molar-refractivity contribution in [2.45, 2.75) is 13.0 Å². The van der Waals surface area contributed by atoms with Crippen LogP contribution in [0, 0.1) is 6.92 Å². The molecule has 0 amide bonds. The number of hydrogen-bond donors (Lipinski definition) is 2. The van der Waals surface area contributed by atoms with E-state index in [1.807, 2.05) is 43.3 Å². The summed E-state index contributed by atoms with van der Waals surface area (Å²) in [5.41, 5.74) is 4.10. The van der Waals surface area contributed by atoms with E-state index in [0.717, 1.165) is 11.1 Å². The van der Waals surface area contributed by atoms with Gasteiger partial charge in [-0.05, 0) is 57.2 Å². The Morgan fingerprint density at radius 3 is 2.53 bits per heavy atom. The standard InChI is InChI=1S/C23H19BrN2O4/c1-13-8-11-18(26-20(24)22(30-2)25-21(13)26)19(27)15-9-10-16(17(12-15)23(28)29)14-6-4-3-5-7-14/h3-12,19,27H,1-2H3,(H,28,29). The summed E-state index contributed by atoms with van der Waals surface area (Å²) < 4.78 is 7.65. The Morgan fingerprint density at radius 1 is 1.13 bits per heavy atom. The van der Waals surface area contributed by atoms with Crippen molar-refractivity contribution in [1.29, 1.82) is 0 Å². The van der Waals surface area contributed by atoms with Crippen molar-refractivity contribution >= 4 is 27.5 Å². The summed E-state index contributed by atoms with van der Waals surface area (Å²) in [6, 6.07) is 18.0. The lowest BCUT2D eigenvalue weighted by molar-refractivity contribution is 0.0697. The lowest BCUT2D eigenvalue weighted by atomic mass is 9.95. The average molecular weight is 467 g/mol. The summed E-state index contributed by atoms with van der Waals surface area (Å²) in [4.78, 5) is 16.4. The Bertz CT molecular complexity index is 1250. The highest BCUT2D eigenvalue weighted by molar-refractivity contribution is 9.10. The second kappa shape index (κ2) is 7.93. The van der Waals surface area contributed by atoms with E-state index < -0.39 is 12.1 Å². The first-order valence-electron chi connectivity index (χ1n) is 9.24. The summed E-state index contributed by atoms with van der Waals surface area (Å²) in [5, 5.41) is 20.9. The van der Waals surface area contributed by atoms with Crippen LogP contribution in [-0.2, 0) is 0 Å². The molecule has 6 nitrogen and oxygen atoms in total. The van der Waals surface area contributed by atoms with Gasteiger partial charge in [-0.1, -0.05) is 48.5 Å². The minimum Gasteiger partial charge on any atom is -0.479 e. The van der Waals surface area contributed by atoms with Gasteiger partial charge in [-0.3, -0.25) is 4.40 Å². The number of carboxylic acid groups (broad SMARTS) is 1. The zero-order chi connectivity index (χ0) is 21.4. The monoisotopic (exact) mass is 466 g/mol. The first-order valence-corrected chi connectivity index (χ1v) is 10.0. The number of methoxy groups -OCH3 is 1. The molecule has 30 heavy (non-hydrogen) atoms. The first kappa shape index (κ1) is 20.1. The molecular formula is C23H19BrN2O4. The number of ether oxygens (including phenoxy) is 1. The van der Waals surface area contributed by atoms with Crippen LogP contribution >= 0.6 is 15.9 Å². The molecule has 0 bridgehead atoms. The summed E-state index contributed by atoms with van der Waals surface area (Å²) in [5.74, 6) is -0.647. The summed E-state index contributed by atoms with van der Waals surface area (Å²) in [6.07, 6.45) is -1.06. The second-order valence-electron chi connectivity index (χ2n) is 6.89. The Kier molecular flexibility index (Phi) is 5.32. The molecule has 152 valence electrons. The Hall–Kier alpha value is -3.16. The molecule has 0 aliphatic carbocycles. The number of aliphatic hydroxyl groups excluding tert-OH is 1. The number of carboxylic acids is 1. The number of aryl methyl sites for hydroxylation is 1. The molecule has 0 saturated heterocycles. The quantitative estimate of drug-likeness (QED) is 0.438. The van der Waals surface area contributed by atoms with E-state index in [1.165, 1.54) is 13.2 Å². The number of aliphatic hydroxyl groups is 1. The molecule has 2 aromatic heterocycles. The number of aromatic nitrogens is 2. The topological polar surface area (TPSA) is 84.1 Å². The molecule has 0 aliphatic heterocycles. The van der Waals surface area contributed by atoms with E-state index in [2.05, 4.69) is 20.9 Å². The highest BCUT2D eigenvalue weighted by atomic mass is 79.9. The van der Waals surface area contributed by atoms with Gasteiger partial charge in [0.25, 0.3) is 0 Å². The Morgan fingerprint density at radius 2 is 1.87 bits per heavy atom. The van der Waals surface area contributed by atoms with Crippen LogP contribution in [0.5, 0.6) is 5.88 Å². The number of fused-ring (bicyclic) bond motifs is 1. The van der Waals surface area contributed by atoms with E-state index in [1.54, 1.807) is 22.6 Å². The van der Waals surface area contributed by atoms with E-state index in [4.69, 9.17) is 4.74 Å². The molecule has 0 saturated carbocycles. The number of carbonyl (C=O) groups is 1. The SMILES string of the molecule is COc1nc2c(C)ccc(C(O)c3ccc(-c4ccccc4)c(C(=O)O)c3)n2c1Br. The molecule has 1 atom stereocenters. The number of hydrogen-bond acceptors (Lipinski definition) is 4. The van der Waals surface area contributed by atoms with Gasteiger partial charge in [0.15, 0.2) is 4.60 Å². The minimum absolute atomic E-state index is 0.128. The molecule has 2 aromatic carbocycles. The van der Waals surface area contributed by atoms with E-state index in [-0.39, 0.29) is 5.56 Å². The highest BCUT2D eigenvalue weighted by Gasteiger charge is 2.22. The Labute approximate surface area is 181 Å². The molecule has 0 radical (unpaired) electrons. The van der Waals surface area contributed by atoms with Crippen molar-refractivity contribution in [3.05, 3.63) is 87.7 Å². The molecule has 7 heteroatoms. The molecule has 0 fully saturated rings. The number of pyridine rings is 1. The largest absolute Gasteiger partial charge is 0.479 e. The van der Waals surface area contributed by atoms with Crippen molar-refractivity contribution in [2.75, 3.05) is 7.11 Å². The van der Waals surface area contributed by atoms with Crippen molar-refractivity contribution < 1.29 is 19.7 Å². The van der Waals surface area contributed by atoms with Crippen LogP contribution in [0.25, 0.3) is 16.8 Å². The third kappa shape index (κ3) is 3.36. The normalized spacial score (nSPS) is 12.1. The van der Waals surface area contributed by atoms with E-state index in [0.29, 0.717) is 33.0 Å². The van der Waals surface area contributed by atoms with E-state index >= 15 is 0 Å². The number of halogens is 1. The fraction of sp³-hybridized carbons (Fsp3) is 0.130. The Balaban J connectivity index is 1.86. The van der Waals surface area contributed by atoms with Crippen LogP contribution in [0.1, 0.15) is 33.3 Å². The molecule has 1 unspecified atom stereocenters. The van der Waals surface area contributed by atoms with Crippen molar-refractivity contribution in [3.63, 3.8) is 0 Å². The third-order valence-corrected chi connectivity index (χ3v) is 5.75. The molecule has 2 N–H and O–H groups in total. The van der Waals surface area contributed by atoms with Crippen LogP contribution in [0.4, 0.5) is 0 Å². The maximum Gasteiger partial charge on any atom is 0.336 e. The van der Waals surface area contributed by atoms with Crippen LogP contribution in [0.15, 0.2) is 65.3 Å². The number of rotatable bonds is 5. The van der Waals surface area contributed by atoms with Gasteiger partial charge >= 0.3 is 5.97 Å². The molecule has 4 rings (SSSR count). The number of nitrogens with zero attached hydrogens (tertiary/aromatic N) is 2. The van der Waals surface area contributed by atoms with Crippen molar-refractivity contribution in [3.8, 4) is 17.0 Å². The van der Waals surface area contributed by atoms with Crippen LogP contribution in [0.2, 0.25) is 0 Å². The average Bonchev–Trinajstić information content (AvgIpc) is 3.11. The molecule has 4 aromatic rings. The van der Waals surface area contributed by atoms with Gasteiger partial charge in [0.2, 0.25) is 5.88 Å². The van der Waals surface area contributed by atoms with Gasteiger partial charge in [-0.15, -0.1) is 0 Å². The molecule has 2 heterocycles. The lowest BCUT2D eigenvalue weighted by Crippen LogP contribution is -2.09. The van der Waals surface area contributed by atoms with Gasteiger partial charge in [-0.2, -0.15) is 4.98 Å². The van der Waals surface area contributed by atoms with Crippen LogP contribution in [0.3, 0.4) is 0 Å². The van der Waals surface area contributed by atoms with Crippen LogP contribution in [-0.4, -0.2) is 32.7 Å². The zero-order valence-electron chi connectivity index (χ0n) is 16.3. The summed E-state index contributed by atoms with van der Waals surface area (Å²) in [7, 11) is 1.53. The summed E-state index contributed by atoms with van der Waals surface area (Å²) in [6.45, 7) is 1.92. The van der Waals surface area contributed by atoms with Crippen molar-refractivity contribution in [1.82, 2.24) is 9.38 Å².